The van der Waals surface area contributed by atoms with Crippen molar-refractivity contribution in [2.24, 2.45) is 0 Å². The minimum atomic E-state index is -0.116. The highest BCUT2D eigenvalue weighted by Crippen LogP contribution is 2.23. The molecule has 3 aromatic rings. The lowest BCUT2D eigenvalue weighted by atomic mass is 10.1. The number of hydrogen-bond acceptors (Lipinski definition) is 5. The van der Waals surface area contributed by atoms with Crippen molar-refractivity contribution in [3.05, 3.63) is 64.8 Å². The van der Waals surface area contributed by atoms with E-state index in [2.05, 4.69) is 15.3 Å². The molecular formula is C20H21N3O2S. The number of benzene rings is 1. The van der Waals surface area contributed by atoms with E-state index in [0.29, 0.717) is 18.0 Å². The molecule has 2 aromatic heterocycles. The van der Waals surface area contributed by atoms with E-state index in [0.717, 1.165) is 21.8 Å². The van der Waals surface area contributed by atoms with Crippen LogP contribution < -0.4 is 10.1 Å². The topological polar surface area (TPSA) is 64.1 Å². The first kappa shape index (κ1) is 18.1. The fraction of sp³-hybridized carbons (Fsp3) is 0.250. The number of thiazole rings is 1. The smallest absolute Gasteiger partial charge is 0.251 e. The van der Waals surface area contributed by atoms with Gasteiger partial charge in [0.05, 0.1) is 6.10 Å². The molecule has 0 radical (unpaired) electrons. The molecule has 6 heteroatoms. The molecule has 0 unspecified atom stereocenters. The average Bonchev–Trinajstić information content (AvgIpc) is 3.07. The fourth-order valence-corrected chi connectivity index (χ4v) is 3.17. The van der Waals surface area contributed by atoms with Crippen LogP contribution >= 0.6 is 11.3 Å². The first-order chi connectivity index (χ1) is 12.5. The fourth-order valence-electron chi connectivity index (χ4n) is 2.36. The average molecular weight is 367 g/mol. The van der Waals surface area contributed by atoms with Gasteiger partial charge in [0.25, 0.3) is 5.91 Å². The summed E-state index contributed by atoms with van der Waals surface area (Å²) in [4.78, 5) is 21.0. The summed E-state index contributed by atoms with van der Waals surface area (Å²) in [6, 6.07) is 11.2. The van der Waals surface area contributed by atoms with Crippen molar-refractivity contribution in [3.63, 3.8) is 0 Å². The SMILES string of the molecule is Cc1csc(-c2ccc(C(=O)NCc3ccc(OC(C)C)nc3)cc2)n1. The van der Waals surface area contributed by atoms with Crippen LogP contribution in [-0.2, 0) is 6.54 Å². The maximum absolute atomic E-state index is 12.3. The van der Waals surface area contributed by atoms with Gasteiger partial charge in [0, 0.05) is 41.0 Å². The zero-order valence-corrected chi connectivity index (χ0v) is 15.8. The standard InChI is InChI=1S/C20H21N3O2S/c1-13(2)25-18-9-4-15(10-21-18)11-22-19(24)16-5-7-17(8-6-16)20-23-14(3)12-26-20/h4-10,12-13H,11H2,1-3H3,(H,22,24). The van der Waals surface area contributed by atoms with Crippen molar-refractivity contribution in [2.75, 3.05) is 0 Å². The molecule has 0 aliphatic rings. The van der Waals surface area contributed by atoms with Crippen LogP contribution in [0.2, 0.25) is 0 Å². The van der Waals surface area contributed by atoms with Gasteiger partial charge in [-0.05, 0) is 38.5 Å². The molecule has 134 valence electrons. The second-order valence-corrected chi connectivity index (χ2v) is 7.08. The maximum Gasteiger partial charge on any atom is 0.251 e. The highest BCUT2D eigenvalue weighted by molar-refractivity contribution is 7.13. The summed E-state index contributed by atoms with van der Waals surface area (Å²) in [5, 5.41) is 5.88. The molecule has 0 saturated heterocycles. The molecule has 0 saturated carbocycles. The number of carbonyl (C=O) groups excluding carboxylic acids is 1. The Morgan fingerprint density at radius 2 is 1.96 bits per heavy atom. The summed E-state index contributed by atoms with van der Waals surface area (Å²) in [5.74, 6) is 0.470. The highest BCUT2D eigenvalue weighted by Gasteiger charge is 2.08. The van der Waals surface area contributed by atoms with E-state index in [4.69, 9.17) is 4.74 Å². The molecule has 0 aliphatic carbocycles. The van der Waals surface area contributed by atoms with Gasteiger partial charge < -0.3 is 10.1 Å². The van der Waals surface area contributed by atoms with Gasteiger partial charge in [0.1, 0.15) is 5.01 Å². The number of rotatable bonds is 6. The predicted molar refractivity (Wildman–Crippen MR) is 103 cm³/mol. The number of hydrogen-bond donors (Lipinski definition) is 1. The van der Waals surface area contributed by atoms with E-state index < -0.39 is 0 Å². The molecular weight excluding hydrogens is 346 g/mol. The van der Waals surface area contributed by atoms with Crippen LogP contribution in [0.15, 0.2) is 48.0 Å². The molecule has 2 heterocycles. The zero-order chi connectivity index (χ0) is 18.5. The molecule has 26 heavy (non-hydrogen) atoms. The summed E-state index contributed by atoms with van der Waals surface area (Å²) < 4.78 is 5.51. The van der Waals surface area contributed by atoms with Gasteiger partial charge in [-0.3, -0.25) is 4.79 Å². The lowest BCUT2D eigenvalue weighted by Gasteiger charge is -2.09. The first-order valence-electron chi connectivity index (χ1n) is 8.43. The second-order valence-electron chi connectivity index (χ2n) is 6.23. The number of aromatic nitrogens is 2. The van der Waals surface area contributed by atoms with Gasteiger partial charge in [-0.1, -0.05) is 18.2 Å². The van der Waals surface area contributed by atoms with Crippen LogP contribution in [0.4, 0.5) is 0 Å². The summed E-state index contributed by atoms with van der Waals surface area (Å²) >= 11 is 1.60. The Kier molecular flexibility index (Phi) is 5.63. The summed E-state index contributed by atoms with van der Waals surface area (Å²) in [7, 11) is 0. The Morgan fingerprint density at radius 3 is 2.54 bits per heavy atom. The number of ether oxygens (including phenoxy) is 1. The zero-order valence-electron chi connectivity index (χ0n) is 15.0. The molecule has 1 aromatic carbocycles. The van der Waals surface area contributed by atoms with Crippen LogP contribution in [0.1, 0.15) is 35.5 Å². The molecule has 0 aliphatic heterocycles. The predicted octanol–water partition coefficient (Wildman–Crippen LogP) is 4.23. The molecule has 0 bridgehead atoms. The van der Waals surface area contributed by atoms with Gasteiger partial charge >= 0.3 is 0 Å². The van der Waals surface area contributed by atoms with E-state index >= 15 is 0 Å². The number of nitrogens with zero attached hydrogens (tertiary/aromatic N) is 2. The van der Waals surface area contributed by atoms with Crippen LogP contribution in [0, 0.1) is 6.92 Å². The van der Waals surface area contributed by atoms with Crippen molar-refractivity contribution in [3.8, 4) is 16.5 Å². The number of amides is 1. The summed E-state index contributed by atoms with van der Waals surface area (Å²) in [5.41, 5.74) is 3.56. The molecule has 0 fully saturated rings. The Labute approximate surface area is 157 Å². The number of pyridine rings is 1. The Morgan fingerprint density at radius 1 is 1.19 bits per heavy atom. The third-order valence-corrected chi connectivity index (χ3v) is 4.63. The minimum absolute atomic E-state index is 0.0873. The molecule has 3 rings (SSSR count). The normalized spacial score (nSPS) is 10.8. The Hall–Kier alpha value is -2.73. The lowest BCUT2D eigenvalue weighted by Crippen LogP contribution is -2.22. The number of nitrogens with one attached hydrogen (secondary N) is 1. The Balaban J connectivity index is 1.58. The van der Waals surface area contributed by atoms with E-state index in [-0.39, 0.29) is 12.0 Å². The largest absolute Gasteiger partial charge is 0.475 e. The van der Waals surface area contributed by atoms with Crippen molar-refractivity contribution in [1.29, 1.82) is 0 Å². The van der Waals surface area contributed by atoms with Gasteiger partial charge in [-0.15, -0.1) is 11.3 Å². The highest BCUT2D eigenvalue weighted by atomic mass is 32.1. The first-order valence-corrected chi connectivity index (χ1v) is 9.31. The van der Waals surface area contributed by atoms with Crippen LogP contribution in [0.25, 0.3) is 10.6 Å². The summed E-state index contributed by atoms with van der Waals surface area (Å²) in [6.45, 7) is 6.30. The van der Waals surface area contributed by atoms with Crippen LogP contribution in [0.3, 0.4) is 0 Å². The van der Waals surface area contributed by atoms with Crippen molar-refractivity contribution < 1.29 is 9.53 Å². The quantitative estimate of drug-likeness (QED) is 0.708. The van der Waals surface area contributed by atoms with Crippen molar-refractivity contribution in [2.45, 2.75) is 33.4 Å². The van der Waals surface area contributed by atoms with Crippen LogP contribution in [0.5, 0.6) is 5.88 Å². The lowest BCUT2D eigenvalue weighted by molar-refractivity contribution is 0.0951. The van der Waals surface area contributed by atoms with Crippen LogP contribution in [-0.4, -0.2) is 22.0 Å². The second kappa shape index (κ2) is 8.10. The minimum Gasteiger partial charge on any atom is -0.475 e. The van der Waals surface area contributed by atoms with E-state index in [1.54, 1.807) is 17.5 Å². The van der Waals surface area contributed by atoms with E-state index in [9.17, 15) is 4.79 Å². The molecule has 0 atom stereocenters. The van der Waals surface area contributed by atoms with Gasteiger partial charge in [0.15, 0.2) is 0 Å². The maximum atomic E-state index is 12.3. The number of aryl methyl sites for hydroxylation is 1. The van der Waals surface area contributed by atoms with Gasteiger partial charge in [-0.25, -0.2) is 9.97 Å². The molecule has 0 spiro atoms. The van der Waals surface area contributed by atoms with Gasteiger partial charge in [-0.2, -0.15) is 0 Å². The third-order valence-electron chi connectivity index (χ3n) is 3.62. The molecule has 1 amide bonds. The Bertz CT molecular complexity index is 871. The van der Waals surface area contributed by atoms with Crippen molar-refractivity contribution >= 4 is 17.2 Å². The van der Waals surface area contributed by atoms with E-state index in [1.807, 2.05) is 62.5 Å². The molecule has 5 nitrogen and oxygen atoms in total. The van der Waals surface area contributed by atoms with Gasteiger partial charge in [0.2, 0.25) is 5.88 Å². The van der Waals surface area contributed by atoms with Crippen molar-refractivity contribution in [1.82, 2.24) is 15.3 Å². The monoisotopic (exact) mass is 367 g/mol. The molecule has 1 N–H and O–H groups in total. The number of carbonyl (C=O) groups is 1. The van der Waals surface area contributed by atoms with E-state index in [1.165, 1.54) is 0 Å². The third kappa shape index (κ3) is 4.67. The summed E-state index contributed by atoms with van der Waals surface area (Å²) in [6.07, 6.45) is 1.80.